The summed E-state index contributed by atoms with van der Waals surface area (Å²) in [5.41, 5.74) is 3.85. The molecule has 0 aliphatic carbocycles. The first-order chi connectivity index (χ1) is 22.7. The quantitative estimate of drug-likeness (QED) is 0.203. The number of thiophene rings is 1. The van der Waals surface area contributed by atoms with Crippen molar-refractivity contribution in [3.8, 4) is 33.4 Å². The van der Waals surface area contributed by atoms with Crippen molar-refractivity contribution in [3.05, 3.63) is 145 Å². The summed E-state index contributed by atoms with van der Waals surface area (Å²) < 4.78 is 73.4. The molecule has 8 rings (SSSR count). The van der Waals surface area contributed by atoms with Crippen molar-refractivity contribution in [1.29, 1.82) is 0 Å². The molecule has 0 saturated carbocycles. The Balaban J connectivity index is 1.57. The van der Waals surface area contributed by atoms with E-state index in [4.69, 9.17) is 5.48 Å². The molecule has 0 N–H and O–H groups in total. The van der Waals surface area contributed by atoms with Gasteiger partial charge in [0.05, 0.1) is 11.0 Å². The normalized spacial score (nSPS) is 14.5. The van der Waals surface area contributed by atoms with Crippen molar-refractivity contribution in [2.45, 2.75) is 0 Å². The van der Waals surface area contributed by atoms with E-state index >= 15 is 0 Å². The van der Waals surface area contributed by atoms with Gasteiger partial charge in [0.1, 0.15) is 0 Å². The fraction of sp³-hybridized carbons (Fsp3) is 0. The largest absolute Gasteiger partial charge is 0.135 e. The van der Waals surface area contributed by atoms with E-state index in [1.165, 1.54) is 0 Å². The van der Waals surface area contributed by atoms with Crippen LogP contribution in [0.25, 0.3) is 75.1 Å². The highest BCUT2D eigenvalue weighted by atomic mass is 32.1. The van der Waals surface area contributed by atoms with E-state index in [1.54, 1.807) is 11.3 Å². The second-order valence-electron chi connectivity index (χ2n) is 9.50. The van der Waals surface area contributed by atoms with Crippen LogP contribution in [-0.4, -0.2) is 0 Å². The van der Waals surface area contributed by atoms with Gasteiger partial charge in [-0.05, 0) is 67.1 Å². The maximum absolute atomic E-state index is 9.19. The van der Waals surface area contributed by atoms with Gasteiger partial charge in [0, 0.05) is 20.2 Å². The summed E-state index contributed by atoms with van der Waals surface area (Å²) in [5, 5.41) is 3.01. The predicted molar refractivity (Wildman–Crippen MR) is 171 cm³/mol. The van der Waals surface area contributed by atoms with Gasteiger partial charge in [-0.2, -0.15) is 0 Å². The number of benzene rings is 7. The van der Waals surface area contributed by atoms with Crippen LogP contribution in [0.15, 0.2) is 145 Å². The third kappa shape index (κ3) is 3.59. The molecular formula is C38H24S. The summed E-state index contributed by atoms with van der Waals surface area (Å²) in [7, 11) is 0. The van der Waals surface area contributed by atoms with Gasteiger partial charge in [-0.3, -0.25) is 0 Å². The first-order valence-electron chi connectivity index (χ1n) is 16.7. The van der Waals surface area contributed by atoms with Gasteiger partial charge in [-0.25, -0.2) is 0 Å². The second-order valence-corrected chi connectivity index (χ2v) is 10.6. The molecule has 182 valence electrons. The number of hydrogen-bond acceptors (Lipinski definition) is 1. The lowest BCUT2D eigenvalue weighted by molar-refractivity contribution is 1.61. The third-order valence-corrected chi connectivity index (χ3v) is 8.46. The zero-order valence-electron chi connectivity index (χ0n) is 28.6. The Bertz CT molecular complexity index is 2510. The summed E-state index contributed by atoms with van der Waals surface area (Å²) in [6.45, 7) is 0. The van der Waals surface area contributed by atoms with Crippen LogP contribution in [0.3, 0.4) is 0 Å². The minimum Gasteiger partial charge on any atom is -0.135 e. The van der Waals surface area contributed by atoms with Gasteiger partial charge < -0.3 is 0 Å². The monoisotopic (exact) mass is 520 g/mol. The average Bonchev–Trinajstić information content (AvgIpc) is 3.48. The van der Waals surface area contributed by atoms with E-state index in [2.05, 4.69) is 12.1 Å². The predicted octanol–water partition coefficient (Wildman–Crippen LogP) is 11.4. The minimum atomic E-state index is -0.407. The van der Waals surface area contributed by atoms with Crippen LogP contribution in [0, 0.1) is 0 Å². The molecule has 1 heteroatoms. The number of rotatable bonds is 3. The molecule has 0 spiro atoms. The SMILES string of the molecule is [2H]c1c([2H])c([2H])c2c(-c3ccc4c(c3)sc3ccccc34)c3c([2H])c([2H])c([2H])c([2H])c3c(-c3ccc(-c4ccccc4)cc3)c2c1[2H]. The summed E-state index contributed by atoms with van der Waals surface area (Å²) in [6.07, 6.45) is 0. The maximum Gasteiger partial charge on any atom is 0.0629 e. The molecule has 0 fully saturated rings. The zero-order chi connectivity index (χ0) is 32.7. The van der Waals surface area contributed by atoms with Gasteiger partial charge in [-0.15, -0.1) is 11.3 Å². The van der Waals surface area contributed by atoms with Crippen LogP contribution in [-0.2, 0) is 0 Å². The summed E-state index contributed by atoms with van der Waals surface area (Å²) in [5.74, 6) is 0. The van der Waals surface area contributed by atoms with Crippen molar-refractivity contribution in [2.24, 2.45) is 0 Å². The van der Waals surface area contributed by atoms with Crippen molar-refractivity contribution in [1.82, 2.24) is 0 Å². The maximum atomic E-state index is 9.19. The van der Waals surface area contributed by atoms with Crippen LogP contribution < -0.4 is 0 Å². The van der Waals surface area contributed by atoms with Crippen LogP contribution in [0.5, 0.6) is 0 Å². The Labute approximate surface area is 242 Å². The van der Waals surface area contributed by atoms with E-state index < -0.39 is 24.2 Å². The van der Waals surface area contributed by atoms with Gasteiger partial charge in [-0.1, -0.05) is 133 Å². The van der Waals surface area contributed by atoms with Gasteiger partial charge >= 0.3 is 0 Å². The highest BCUT2D eigenvalue weighted by molar-refractivity contribution is 7.25. The van der Waals surface area contributed by atoms with Crippen LogP contribution in [0.4, 0.5) is 0 Å². The number of fused-ring (bicyclic) bond motifs is 5. The second kappa shape index (κ2) is 8.94. The van der Waals surface area contributed by atoms with E-state index in [0.717, 1.165) is 31.3 Å². The van der Waals surface area contributed by atoms with Crippen molar-refractivity contribution < 1.29 is 11.0 Å². The Morgan fingerprint density at radius 2 is 0.872 bits per heavy atom. The Kier molecular flexibility index (Phi) is 3.58. The van der Waals surface area contributed by atoms with Gasteiger partial charge in [0.2, 0.25) is 0 Å². The van der Waals surface area contributed by atoms with E-state index in [1.807, 2.05) is 84.9 Å². The standard InChI is InChI=1S/C38H24S/c1-2-10-25(11-3-1)26-18-20-27(21-19-26)37-31-13-4-6-15-33(31)38(34-16-7-5-14-32(34)37)28-22-23-30-29-12-8-9-17-35(29)39-36(30)24-28/h1-24H/i4D,5D,6D,7D,13D,14D,15D,16D. The highest BCUT2D eigenvalue weighted by Gasteiger charge is 2.17. The minimum absolute atomic E-state index is 0.215. The van der Waals surface area contributed by atoms with Crippen LogP contribution in [0.2, 0.25) is 0 Å². The first kappa shape index (κ1) is 15.6. The summed E-state index contributed by atoms with van der Waals surface area (Å²) >= 11 is 1.60. The molecule has 0 saturated heterocycles. The lowest BCUT2D eigenvalue weighted by Crippen LogP contribution is -1.90. The zero-order valence-corrected chi connectivity index (χ0v) is 21.5. The molecule has 0 bridgehead atoms. The van der Waals surface area contributed by atoms with Crippen molar-refractivity contribution in [3.63, 3.8) is 0 Å². The molecule has 1 heterocycles. The molecule has 0 radical (unpaired) electrons. The summed E-state index contributed by atoms with van der Waals surface area (Å²) in [4.78, 5) is 0. The van der Waals surface area contributed by atoms with Crippen molar-refractivity contribution in [2.75, 3.05) is 0 Å². The van der Waals surface area contributed by atoms with E-state index in [-0.39, 0.29) is 45.7 Å². The molecule has 0 amide bonds. The lowest BCUT2D eigenvalue weighted by Gasteiger charge is -2.18. The van der Waals surface area contributed by atoms with E-state index in [9.17, 15) is 5.48 Å². The molecule has 0 unspecified atom stereocenters. The van der Waals surface area contributed by atoms with Gasteiger partial charge in [0.15, 0.2) is 0 Å². The fourth-order valence-electron chi connectivity index (χ4n) is 5.54. The molecule has 8 aromatic rings. The molecule has 7 aromatic carbocycles. The average molecular weight is 521 g/mol. The highest BCUT2D eigenvalue weighted by Crippen LogP contribution is 2.45. The molecule has 1 aromatic heterocycles. The smallest absolute Gasteiger partial charge is 0.0629 e. The Morgan fingerprint density at radius 1 is 0.385 bits per heavy atom. The van der Waals surface area contributed by atoms with E-state index in [0.29, 0.717) is 22.3 Å². The lowest BCUT2D eigenvalue weighted by atomic mass is 9.85. The number of hydrogen-bond donors (Lipinski definition) is 0. The summed E-state index contributed by atoms with van der Waals surface area (Å²) in [6, 6.07) is 28.6. The molecule has 0 nitrogen and oxygen atoms in total. The Hall–Kier alpha value is -4.72. The van der Waals surface area contributed by atoms with Crippen molar-refractivity contribution >= 4 is 53.1 Å². The van der Waals surface area contributed by atoms with Gasteiger partial charge in [0.25, 0.3) is 0 Å². The van der Waals surface area contributed by atoms with Crippen LogP contribution >= 0.6 is 11.3 Å². The topological polar surface area (TPSA) is 0 Å². The first-order valence-corrected chi connectivity index (χ1v) is 13.5. The molecule has 39 heavy (non-hydrogen) atoms. The third-order valence-electron chi connectivity index (χ3n) is 7.32. The molecule has 0 atom stereocenters. The Morgan fingerprint density at radius 3 is 1.54 bits per heavy atom. The fourth-order valence-corrected chi connectivity index (χ4v) is 6.69. The van der Waals surface area contributed by atoms with Crippen LogP contribution in [0.1, 0.15) is 11.0 Å². The molecule has 0 aliphatic rings. The molecule has 0 aliphatic heterocycles. The molecular weight excluding hydrogens is 488 g/mol.